The monoisotopic (exact) mass is 159 g/mol. The van der Waals surface area contributed by atoms with E-state index in [1.54, 1.807) is 6.20 Å². The van der Waals surface area contributed by atoms with Crippen molar-refractivity contribution < 1.29 is 0 Å². The van der Waals surface area contributed by atoms with Crippen molar-refractivity contribution >= 4 is 0 Å². The van der Waals surface area contributed by atoms with Crippen molar-refractivity contribution in [3.63, 3.8) is 0 Å². The van der Waals surface area contributed by atoms with Gasteiger partial charge in [-0.15, -0.1) is 0 Å². The highest BCUT2D eigenvalue weighted by molar-refractivity contribution is 5.61. The molecular formula is C9H9N3. The van der Waals surface area contributed by atoms with E-state index in [4.69, 9.17) is 0 Å². The molecule has 0 bridgehead atoms. The average molecular weight is 159 g/mol. The Morgan fingerprint density at radius 2 is 2.25 bits per heavy atom. The highest BCUT2D eigenvalue weighted by Crippen LogP contribution is 2.18. The second-order valence-corrected chi connectivity index (χ2v) is 2.65. The highest BCUT2D eigenvalue weighted by atomic mass is 15.1. The summed E-state index contributed by atoms with van der Waals surface area (Å²) in [5, 5.41) is 6.86. The Morgan fingerprint density at radius 3 is 2.92 bits per heavy atom. The van der Waals surface area contributed by atoms with Gasteiger partial charge in [0, 0.05) is 24.2 Å². The number of hydrogen-bond acceptors (Lipinski definition) is 2. The van der Waals surface area contributed by atoms with E-state index in [1.807, 2.05) is 31.5 Å². The van der Waals surface area contributed by atoms with Gasteiger partial charge in [0.25, 0.3) is 0 Å². The van der Waals surface area contributed by atoms with Crippen LogP contribution in [-0.2, 0) is 0 Å². The molecular weight excluding hydrogens is 150 g/mol. The summed E-state index contributed by atoms with van der Waals surface area (Å²) in [6.45, 7) is 2.05. The van der Waals surface area contributed by atoms with Crippen LogP contribution in [0.3, 0.4) is 0 Å². The van der Waals surface area contributed by atoms with Gasteiger partial charge in [-0.2, -0.15) is 5.10 Å². The Hall–Kier alpha value is -1.64. The SMILES string of the molecule is Cc1ccncc1-c1cc[nH]n1. The minimum Gasteiger partial charge on any atom is -0.285 e. The van der Waals surface area contributed by atoms with Crippen LogP contribution in [0.5, 0.6) is 0 Å². The third-order valence-electron chi connectivity index (χ3n) is 1.82. The van der Waals surface area contributed by atoms with Crippen LogP contribution >= 0.6 is 0 Å². The zero-order valence-electron chi connectivity index (χ0n) is 6.78. The van der Waals surface area contributed by atoms with E-state index in [0.717, 1.165) is 11.3 Å². The lowest BCUT2D eigenvalue weighted by Gasteiger charge is -1.98. The first-order chi connectivity index (χ1) is 5.88. The van der Waals surface area contributed by atoms with Gasteiger partial charge in [0.2, 0.25) is 0 Å². The lowest BCUT2D eigenvalue weighted by atomic mass is 10.1. The van der Waals surface area contributed by atoms with Gasteiger partial charge in [0.15, 0.2) is 0 Å². The molecule has 2 heterocycles. The van der Waals surface area contributed by atoms with Crippen molar-refractivity contribution in [1.82, 2.24) is 15.2 Å². The van der Waals surface area contributed by atoms with E-state index in [-0.39, 0.29) is 0 Å². The predicted molar refractivity (Wildman–Crippen MR) is 46.6 cm³/mol. The number of pyridine rings is 1. The van der Waals surface area contributed by atoms with Crippen molar-refractivity contribution in [2.24, 2.45) is 0 Å². The molecule has 2 aromatic rings. The topological polar surface area (TPSA) is 41.6 Å². The van der Waals surface area contributed by atoms with Gasteiger partial charge in [-0.3, -0.25) is 10.1 Å². The fraction of sp³-hybridized carbons (Fsp3) is 0.111. The molecule has 0 unspecified atom stereocenters. The molecule has 0 fully saturated rings. The summed E-state index contributed by atoms with van der Waals surface area (Å²) in [5.74, 6) is 0. The summed E-state index contributed by atoms with van der Waals surface area (Å²) in [6.07, 6.45) is 5.42. The number of aromatic amines is 1. The van der Waals surface area contributed by atoms with E-state index < -0.39 is 0 Å². The Labute approximate surface area is 70.5 Å². The first kappa shape index (κ1) is 7.03. The summed E-state index contributed by atoms with van der Waals surface area (Å²) in [6, 6.07) is 3.91. The van der Waals surface area contributed by atoms with E-state index in [1.165, 1.54) is 5.56 Å². The number of nitrogens with zero attached hydrogens (tertiary/aromatic N) is 2. The van der Waals surface area contributed by atoms with E-state index >= 15 is 0 Å². The van der Waals surface area contributed by atoms with E-state index in [0.29, 0.717) is 0 Å². The summed E-state index contributed by atoms with van der Waals surface area (Å²) in [7, 11) is 0. The quantitative estimate of drug-likeness (QED) is 0.689. The van der Waals surface area contributed by atoms with Crippen LogP contribution in [0.2, 0.25) is 0 Å². The number of nitrogens with one attached hydrogen (secondary N) is 1. The number of aryl methyl sites for hydroxylation is 1. The van der Waals surface area contributed by atoms with Gasteiger partial charge >= 0.3 is 0 Å². The maximum atomic E-state index is 4.08. The normalized spacial score (nSPS) is 10.1. The molecule has 0 aromatic carbocycles. The van der Waals surface area contributed by atoms with Gasteiger partial charge in [0.1, 0.15) is 0 Å². The molecule has 0 radical (unpaired) electrons. The molecule has 0 saturated heterocycles. The molecule has 0 atom stereocenters. The molecule has 0 aliphatic carbocycles. The molecule has 3 heteroatoms. The largest absolute Gasteiger partial charge is 0.285 e. The van der Waals surface area contributed by atoms with Gasteiger partial charge in [-0.1, -0.05) is 0 Å². The van der Waals surface area contributed by atoms with Crippen molar-refractivity contribution in [3.05, 3.63) is 36.3 Å². The summed E-state index contributed by atoms with van der Waals surface area (Å²) < 4.78 is 0. The lowest BCUT2D eigenvalue weighted by Crippen LogP contribution is -1.84. The van der Waals surface area contributed by atoms with Crippen LogP contribution in [0.1, 0.15) is 5.56 Å². The van der Waals surface area contributed by atoms with Crippen molar-refractivity contribution in [1.29, 1.82) is 0 Å². The molecule has 2 aromatic heterocycles. The zero-order valence-corrected chi connectivity index (χ0v) is 6.78. The summed E-state index contributed by atoms with van der Waals surface area (Å²) in [4.78, 5) is 4.05. The van der Waals surface area contributed by atoms with Crippen molar-refractivity contribution in [2.45, 2.75) is 6.92 Å². The van der Waals surface area contributed by atoms with Crippen molar-refractivity contribution in [2.75, 3.05) is 0 Å². The third kappa shape index (κ3) is 1.09. The molecule has 1 N–H and O–H groups in total. The number of H-pyrrole nitrogens is 1. The molecule has 12 heavy (non-hydrogen) atoms. The second-order valence-electron chi connectivity index (χ2n) is 2.65. The summed E-state index contributed by atoms with van der Waals surface area (Å²) in [5.41, 5.74) is 3.22. The van der Waals surface area contributed by atoms with Crippen LogP contribution in [0, 0.1) is 6.92 Å². The lowest BCUT2D eigenvalue weighted by molar-refractivity contribution is 1.09. The van der Waals surface area contributed by atoms with Crippen LogP contribution in [0.4, 0.5) is 0 Å². The van der Waals surface area contributed by atoms with Gasteiger partial charge in [0.05, 0.1) is 5.69 Å². The Bertz CT molecular complexity index is 365. The molecule has 60 valence electrons. The van der Waals surface area contributed by atoms with E-state index in [2.05, 4.69) is 15.2 Å². The Morgan fingerprint density at radius 1 is 1.33 bits per heavy atom. The summed E-state index contributed by atoms with van der Waals surface area (Å²) >= 11 is 0. The minimum absolute atomic E-state index is 0.945. The fourth-order valence-corrected chi connectivity index (χ4v) is 1.14. The van der Waals surface area contributed by atoms with Crippen LogP contribution in [0.25, 0.3) is 11.3 Å². The Balaban J connectivity index is 2.55. The predicted octanol–water partition coefficient (Wildman–Crippen LogP) is 1.78. The first-order valence-corrected chi connectivity index (χ1v) is 3.78. The van der Waals surface area contributed by atoms with Gasteiger partial charge < -0.3 is 0 Å². The van der Waals surface area contributed by atoms with Gasteiger partial charge in [-0.25, -0.2) is 0 Å². The first-order valence-electron chi connectivity index (χ1n) is 3.78. The number of hydrogen-bond donors (Lipinski definition) is 1. The molecule has 2 rings (SSSR count). The maximum Gasteiger partial charge on any atom is 0.0938 e. The molecule has 0 aliphatic rings. The minimum atomic E-state index is 0.945. The van der Waals surface area contributed by atoms with Crippen molar-refractivity contribution in [3.8, 4) is 11.3 Å². The Kier molecular flexibility index (Phi) is 1.63. The number of aromatic nitrogens is 3. The average Bonchev–Trinajstić information content (AvgIpc) is 2.57. The number of rotatable bonds is 1. The van der Waals surface area contributed by atoms with Crippen LogP contribution < -0.4 is 0 Å². The fourth-order valence-electron chi connectivity index (χ4n) is 1.14. The molecule has 0 saturated carbocycles. The van der Waals surface area contributed by atoms with Gasteiger partial charge in [-0.05, 0) is 24.6 Å². The second kappa shape index (κ2) is 2.77. The molecule has 0 aliphatic heterocycles. The third-order valence-corrected chi connectivity index (χ3v) is 1.82. The molecule has 0 spiro atoms. The zero-order chi connectivity index (χ0) is 8.39. The smallest absolute Gasteiger partial charge is 0.0938 e. The van der Waals surface area contributed by atoms with Crippen LogP contribution in [0.15, 0.2) is 30.7 Å². The van der Waals surface area contributed by atoms with E-state index in [9.17, 15) is 0 Å². The highest BCUT2D eigenvalue weighted by Gasteiger charge is 2.01. The molecule has 0 amide bonds. The molecule has 3 nitrogen and oxygen atoms in total. The maximum absolute atomic E-state index is 4.08. The van der Waals surface area contributed by atoms with Crippen LogP contribution in [-0.4, -0.2) is 15.2 Å². The standard InChI is InChI=1S/C9H9N3/c1-7-2-4-10-6-8(7)9-3-5-11-12-9/h2-6H,1H3,(H,11,12).